The Bertz CT molecular complexity index is 491. The largest absolute Gasteiger partial charge is 0.352 e. The van der Waals surface area contributed by atoms with Gasteiger partial charge in [-0.1, -0.05) is 18.9 Å². The van der Waals surface area contributed by atoms with Crippen molar-refractivity contribution in [2.75, 3.05) is 13.1 Å². The van der Waals surface area contributed by atoms with E-state index in [1.165, 1.54) is 0 Å². The maximum Gasteiger partial charge on any atom is 0.240 e. The highest BCUT2D eigenvalue weighted by molar-refractivity contribution is 5.86. The highest BCUT2D eigenvalue weighted by Crippen LogP contribution is 2.27. The second-order valence-electron chi connectivity index (χ2n) is 6.71. The molecule has 2 fully saturated rings. The van der Waals surface area contributed by atoms with Gasteiger partial charge in [0.25, 0.3) is 0 Å². The van der Waals surface area contributed by atoms with Gasteiger partial charge in [0.15, 0.2) is 0 Å². The summed E-state index contributed by atoms with van der Waals surface area (Å²) in [6, 6.07) is 6.30. The number of piperidine rings is 1. The van der Waals surface area contributed by atoms with Crippen LogP contribution in [0.5, 0.6) is 0 Å². The van der Waals surface area contributed by atoms with Crippen LogP contribution in [0.4, 0.5) is 0 Å². The number of likely N-dealkylation sites (tertiary alicyclic amines) is 1. The molecule has 3 N–H and O–H groups in total. The molecule has 0 radical (unpaired) electrons. The first-order valence-corrected chi connectivity index (χ1v) is 8.38. The van der Waals surface area contributed by atoms with E-state index in [0.717, 1.165) is 63.9 Å². The van der Waals surface area contributed by atoms with Gasteiger partial charge in [0, 0.05) is 31.9 Å². The molecule has 22 heavy (non-hydrogen) atoms. The van der Waals surface area contributed by atoms with E-state index in [2.05, 4.69) is 21.3 Å². The molecule has 0 bridgehead atoms. The van der Waals surface area contributed by atoms with Crippen LogP contribution in [0.3, 0.4) is 0 Å². The molecule has 1 aliphatic carbocycles. The van der Waals surface area contributed by atoms with Gasteiger partial charge in [-0.05, 0) is 37.8 Å². The first-order chi connectivity index (χ1) is 10.7. The number of hydrogen-bond donors (Lipinski definition) is 2. The zero-order chi connectivity index (χ0) is 15.4. The molecule has 5 heteroatoms. The molecule has 120 valence electrons. The van der Waals surface area contributed by atoms with Crippen LogP contribution in [-0.4, -0.2) is 40.5 Å². The summed E-state index contributed by atoms with van der Waals surface area (Å²) in [5.74, 6) is 0.0631. The van der Waals surface area contributed by atoms with Crippen molar-refractivity contribution < 1.29 is 4.79 Å². The first kappa shape index (κ1) is 15.4. The van der Waals surface area contributed by atoms with Crippen molar-refractivity contribution in [1.29, 1.82) is 0 Å². The number of amides is 1. The van der Waals surface area contributed by atoms with Crippen LogP contribution in [0.1, 0.15) is 44.2 Å². The highest BCUT2D eigenvalue weighted by Gasteiger charge is 2.38. The maximum absolute atomic E-state index is 12.3. The summed E-state index contributed by atoms with van der Waals surface area (Å²) in [6.07, 6.45) is 7.64. The smallest absolute Gasteiger partial charge is 0.240 e. The minimum atomic E-state index is -0.606. The average Bonchev–Trinajstić information content (AvgIpc) is 2.98. The Morgan fingerprint density at radius 1 is 1.32 bits per heavy atom. The minimum Gasteiger partial charge on any atom is -0.352 e. The van der Waals surface area contributed by atoms with Crippen molar-refractivity contribution in [2.45, 2.75) is 56.7 Å². The van der Waals surface area contributed by atoms with Crippen LogP contribution < -0.4 is 11.1 Å². The lowest BCUT2D eigenvalue weighted by Crippen LogP contribution is -2.56. The van der Waals surface area contributed by atoms with Gasteiger partial charge in [0.2, 0.25) is 5.91 Å². The fourth-order valence-electron chi connectivity index (χ4n) is 3.52. The molecule has 0 atom stereocenters. The molecular weight excluding hydrogens is 276 g/mol. The summed E-state index contributed by atoms with van der Waals surface area (Å²) in [5.41, 5.74) is 6.72. The molecule has 0 unspecified atom stereocenters. The number of nitrogens with one attached hydrogen (secondary N) is 1. The molecule has 1 amide bonds. The number of nitrogens with zero attached hydrogens (tertiary/aromatic N) is 2. The second kappa shape index (κ2) is 6.75. The molecule has 1 aliphatic heterocycles. The minimum absolute atomic E-state index is 0.0631. The van der Waals surface area contributed by atoms with Crippen molar-refractivity contribution in [3.63, 3.8) is 0 Å². The number of carbonyl (C=O) groups excluding carboxylic acids is 1. The average molecular weight is 302 g/mol. The molecule has 5 nitrogen and oxygen atoms in total. The van der Waals surface area contributed by atoms with Gasteiger partial charge in [-0.15, -0.1) is 0 Å². The predicted octanol–water partition coefficient (Wildman–Crippen LogP) is 1.43. The van der Waals surface area contributed by atoms with Gasteiger partial charge in [0.05, 0.1) is 11.2 Å². The van der Waals surface area contributed by atoms with Crippen LogP contribution in [0.25, 0.3) is 0 Å². The van der Waals surface area contributed by atoms with Crippen LogP contribution in [0, 0.1) is 0 Å². The van der Waals surface area contributed by atoms with E-state index in [1.807, 2.05) is 18.3 Å². The molecule has 1 aromatic heterocycles. The Kier molecular flexibility index (Phi) is 4.74. The summed E-state index contributed by atoms with van der Waals surface area (Å²) in [5, 5.41) is 3.18. The van der Waals surface area contributed by atoms with Crippen molar-refractivity contribution in [3.8, 4) is 0 Å². The Hall–Kier alpha value is -1.46. The lowest BCUT2D eigenvalue weighted by atomic mass is 9.96. The third-order valence-electron chi connectivity index (χ3n) is 4.98. The fraction of sp³-hybridized carbons (Fsp3) is 0.647. The molecule has 3 rings (SSSR count). The number of aromatic nitrogens is 1. The van der Waals surface area contributed by atoms with Gasteiger partial charge >= 0.3 is 0 Å². The van der Waals surface area contributed by atoms with E-state index in [1.54, 1.807) is 0 Å². The molecular formula is C17H26N4O. The Labute approximate surface area is 132 Å². The second-order valence-corrected chi connectivity index (χ2v) is 6.71. The SMILES string of the molecule is NC1(C(=O)NC2CCN(Cc3ccccn3)CC2)CCCC1. The standard InChI is InChI=1S/C17H26N4O/c18-17(8-2-3-9-17)16(22)20-14-6-11-21(12-7-14)13-15-5-1-4-10-19-15/h1,4-5,10,14H,2-3,6-9,11-13,18H2,(H,20,22). The van der Waals surface area contributed by atoms with Crippen LogP contribution in [0.15, 0.2) is 24.4 Å². The number of pyridine rings is 1. The van der Waals surface area contributed by atoms with Crippen LogP contribution >= 0.6 is 0 Å². The topological polar surface area (TPSA) is 71.2 Å². The summed E-state index contributed by atoms with van der Waals surface area (Å²) < 4.78 is 0. The molecule has 0 aromatic carbocycles. The lowest BCUT2D eigenvalue weighted by molar-refractivity contribution is -0.127. The normalized spacial score (nSPS) is 22.6. The molecule has 0 spiro atoms. The van der Waals surface area contributed by atoms with Gasteiger partial charge < -0.3 is 11.1 Å². The first-order valence-electron chi connectivity index (χ1n) is 8.38. The van der Waals surface area contributed by atoms with Crippen LogP contribution in [0.2, 0.25) is 0 Å². The van der Waals surface area contributed by atoms with E-state index >= 15 is 0 Å². The summed E-state index contributed by atoms with van der Waals surface area (Å²) in [4.78, 5) is 19.1. The van der Waals surface area contributed by atoms with E-state index in [9.17, 15) is 4.79 Å². The summed E-state index contributed by atoms with van der Waals surface area (Å²) in [6.45, 7) is 2.89. The maximum atomic E-state index is 12.3. The Balaban J connectivity index is 1.45. The summed E-state index contributed by atoms with van der Waals surface area (Å²) >= 11 is 0. The molecule has 1 aromatic rings. The molecule has 2 heterocycles. The fourth-order valence-corrected chi connectivity index (χ4v) is 3.52. The van der Waals surface area contributed by atoms with Crippen molar-refractivity contribution in [3.05, 3.63) is 30.1 Å². The van der Waals surface area contributed by atoms with Gasteiger partial charge in [-0.2, -0.15) is 0 Å². The number of carbonyl (C=O) groups is 1. The molecule has 1 saturated heterocycles. The monoisotopic (exact) mass is 302 g/mol. The Morgan fingerprint density at radius 3 is 2.68 bits per heavy atom. The molecule has 1 saturated carbocycles. The molecule has 2 aliphatic rings. The number of nitrogens with two attached hydrogens (primary N) is 1. The zero-order valence-electron chi connectivity index (χ0n) is 13.1. The Morgan fingerprint density at radius 2 is 2.05 bits per heavy atom. The third-order valence-corrected chi connectivity index (χ3v) is 4.98. The van der Waals surface area contributed by atoms with Crippen molar-refractivity contribution >= 4 is 5.91 Å². The van der Waals surface area contributed by atoms with Crippen molar-refractivity contribution in [2.24, 2.45) is 5.73 Å². The summed E-state index contributed by atoms with van der Waals surface area (Å²) in [7, 11) is 0. The number of hydrogen-bond acceptors (Lipinski definition) is 4. The van der Waals surface area contributed by atoms with Gasteiger partial charge in [-0.3, -0.25) is 14.7 Å². The van der Waals surface area contributed by atoms with E-state index in [4.69, 9.17) is 5.73 Å². The predicted molar refractivity (Wildman–Crippen MR) is 86.1 cm³/mol. The van der Waals surface area contributed by atoms with Gasteiger partial charge in [0.1, 0.15) is 0 Å². The highest BCUT2D eigenvalue weighted by atomic mass is 16.2. The lowest BCUT2D eigenvalue weighted by Gasteiger charge is -2.34. The van der Waals surface area contributed by atoms with Crippen LogP contribution in [-0.2, 0) is 11.3 Å². The zero-order valence-corrected chi connectivity index (χ0v) is 13.1. The van der Waals surface area contributed by atoms with E-state index < -0.39 is 5.54 Å². The van der Waals surface area contributed by atoms with E-state index in [-0.39, 0.29) is 11.9 Å². The van der Waals surface area contributed by atoms with Gasteiger partial charge in [-0.25, -0.2) is 0 Å². The van der Waals surface area contributed by atoms with E-state index in [0.29, 0.717) is 0 Å². The third kappa shape index (κ3) is 3.65. The number of rotatable bonds is 4. The van der Waals surface area contributed by atoms with Crippen molar-refractivity contribution in [1.82, 2.24) is 15.2 Å². The quantitative estimate of drug-likeness (QED) is 0.883.